The summed E-state index contributed by atoms with van der Waals surface area (Å²) in [6.45, 7) is 2.45. The first-order valence-electron chi connectivity index (χ1n) is 28.5. The number of nitrogens with zero attached hydrogens (tertiary/aromatic N) is 3. The van der Waals surface area contributed by atoms with Crippen molar-refractivity contribution in [1.82, 2.24) is 0 Å². The summed E-state index contributed by atoms with van der Waals surface area (Å²) in [6, 6.07) is 112. The van der Waals surface area contributed by atoms with Crippen LogP contribution >= 0.6 is 0 Å². The number of hydrogen-bond acceptors (Lipinski definition) is 3. The summed E-state index contributed by atoms with van der Waals surface area (Å²) in [6.07, 6.45) is 1.76. The van der Waals surface area contributed by atoms with Crippen LogP contribution in [0, 0.1) is 0 Å². The Bertz CT molecular complexity index is 4380. The Hall–Kier alpha value is -9.90. The van der Waals surface area contributed by atoms with Gasteiger partial charge in [-0.05, 0) is 158 Å². The maximum atomic E-state index is 2.77. The van der Waals surface area contributed by atoms with Crippen molar-refractivity contribution in [3.05, 3.63) is 320 Å². The van der Waals surface area contributed by atoms with Gasteiger partial charge in [0.15, 0.2) is 0 Å². The smallest absolute Gasteiger partial charge is 0.252 e. The average molecular weight is 1030 g/mol. The van der Waals surface area contributed by atoms with Crippen LogP contribution in [0.25, 0.3) is 44.5 Å². The molecule has 4 aliphatic rings. The number of rotatable bonds is 8. The van der Waals surface area contributed by atoms with E-state index in [4.69, 9.17) is 0 Å². The lowest BCUT2D eigenvalue weighted by atomic mass is 9.33. The van der Waals surface area contributed by atoms with Gasteiger partial charge in [0.2, 0.25) is 0 Å². The van der Waals surface area contributed by atoms with Crippen LogP contribution in [0.2, 0.25) is 0 Å². The van der Waals surface area contributed by atoms with Gasteiger partial charge in [-0.3, -0.25) is 0 Å². The molecule has 382 valence electrons. The van der Waals surface area contributed by atoms with Gasteiger partial charge in [0.1, 0.15) is 0 Å². The van der Waals surface area contributed by atoms with E-state index in [0.29, 0.717) is 0 Å². The Kier molecular flexibility index (Phi) is 10.8. The fourth-order valence-corrected chi connectivity index (χ4v) is 14.7. The van der Waals surface area contributed by atoms with Crippen molar-refractivity contribution in [2.75, 3.05) is 14.7 Å². The Balaban J connectivity index is 1.02. The maximum absolute atomic E-state index is 2.77. The summed E-state index contributed by atoms with van der Waals surface area (Å²) in [5.74, 6) is 0. The van der Waals surface area contributed by atoms with E-state index in [0.717, 1.165) is 29.9 Å². The Morgan fingerprint density at radius 2 is 0.790 bits per heavy atom. The van der Waals surface area contributed by atoms with Gasteiger partial charge in [0, 0.05) is 50.9 Å². The normalized spacial score (nSPS) is 17.1. The van der Waals surface area contributed by atoms with Gasteiger partial charge in [-0.15, -0.1) is 0 Å². The van der Waals surface area contributed by atoms with Gasteiger partial charge in [0.05, 0.1) is 5.54 Å². The zero-order valence-electron chi connectivity index (χ0n) is 45.1. The first-order chi connectivity index (χ1) is 40.0. The molecule has 3 heterocycles. The second kappa shape index (κ2) is 18.6. The van der Waals surface area contributed by atoms with Gasteiger partial charge < -0.3 is 14.7 Å². The standard InChI is InChI=1S/C77H56BN3/c1-76-51-61-30-17-18-31-62(61)52-77(76,63-33-15-6-16-34-63)67-36-19-20-37-70(67)81(76)66-49-73-75-74(50-66)80(65-35-21-32-58(46-65)54-24-9-3-10-25-54)72-48-60(56-28-13-5-14-29-56)40-44-68(72)78(75)69-47-59(55-26-11-4-12-27-55)41-45-71(69)79(73)64-42-38-57(39-43-64)53-22-7-2-8-23-53/h2-50H,51-52H2,1H3. The van der Waals surface area contributed by atoms with Crippen molar-refractivity contribution in [1.29, 1.82) is 0 Å². The molecule has 0 saturated carbocycles. The largest absolute Gasteiger partial charge is 0.334 e. The van der Waals surface area contributed by atoms with E-state index in [-0.39, 0.29) is 12.1 Å². The molecule has 3 nitrogen and oxygen atoms in total. The predicted octanol–water partition coefficient (Wildman–Crippen LogP) is 17.4. The minimum atomic E-state index is -0.433. The third kappa shape index (κ3) is 7.30. The Morgan fingerprint density at radius 1 is 0.309 bits per heavy atom. The molecule has 0 amide bonds. The van der Waals surface area contributed by atoms with E-state index < -0.39 is 5.54 Å². The van der Waals surface area contributed by atoms with Crippen LogP contribution in [0.3, 0.4) is 0 Å². The highest BCUT2D eigenvalue weighted by molar-refractivity contribution is 7.00. The lowest BCUT2D eigenvalue weighted by molar-refractivity contribution is 0.281. The fraction of sp³-hybridized carbons (Fsp3) is 0.0649. The van der Waals surface area contributed by atoms with Crippen molar-refractivity contribution in [2.45, 2.75) is 30.7 Å². The maximum Gasteiger partial charge on any atom is 0.252 e. The molecular weight excluding hydrogens is 978 g/mol. The highest BCUT2D eigenvalue weighted by Gasteiger charge is 2.62. The lowest BCUT2D eigenvalue weighted by Crippen LogP contribution is -2.62. The highest BCUT2D eigenvalue weighted by Crippen LogP contribution is 2.63. The van der Waals surface area contributed by atoms with E-state index in [1.165, 1.54) is 112 Å². The van der Waals surface area contributed by atoms with Gasteiger partial charge in [-0.1, -0.05) is 243 Å². The molecule has 1 aliphatic carbocycles. The van der Waals surface area contributed by atoms with E-state index in [1.807, 2.05) is 0 Å². The number of para-hydroxylation sites is 1. The first kappa shape index (κ1) is 47.1. The third-order valence-electron chi connectivity index (χ3n) is 18.4. The zero-order valence-corrected chi connectivity index (χ0v) is 45.1. The minimum Gasteiger partial charge on any atom is -0.334 e. The second-order valence-corrected chi connectivity index (χ2v) is 22.6. The van der Waals surface area contributed by atoms with E-state index in [9.17, 15) is 0 Å². The van der Waals surface area contributed by atoms with Crippen LogP contribution in [0.4, 0.5) is 45.5 Å². The molecule has 4 heteroatoms. The quantitative estimate of drug-likeness (QED) is 0.140. The summed E-state index contributed by atoms with van der Waals surface area (Å²) >= 11 is 0. The molecule has 12 aromatic rings. The van der Waals surface area contributed by atoms with Gasteiger partial charge in [-0.2, -0.15) is 0 Å². The summed E-state index contributed by atoms with van der Waals surface area (Å²) in [5, 5.41) is 0. The SMILES string of the molecule is CC12Cc3ccccc3CC1(c1ccccc1)c1ccccc1N2c1cc2c3c(c1)N(c1cccc(-c4ccccc4)c1)c1cc(-c4ccccc4)ccc1B3c1cc(-c3ccccc3)ccc1N2c1ccc(-c2ccccc2)cc1. The van der Waals surface area contributed by atoms with Crippen LogP contribution in [-0.4, -0.2) is 12.3 Å². The van der Waals surface area contributed by atoms with Crippen molar-refractivity contribution < 1.29 is 0 Å². The van der Waals surface area contributed by atoms with Gasteiger partial charge in [0.25, 0.3) is 6.71 Å². The topological polar surface area (TPSA) is 9.72 Å². The van der Waals surface area contributed by atoms with Crippen LogP contribution in [0.15, 0.2) is 297 Å². The highest BCUT2D eigenvalue weighted by atomic mass is 15.3. The molecule has 0 saturated heterocycles. The van der Waals surface area contributed by atoms with Crippen molar-refractivity contribution in [2.24, 2.45) is 0 Å². The van der Waals surface area contributed by atoms with Gasteiger partial charge in [-0.25, -0.2) is 0 Å². The van der Waals surface area contributed by atoms with E-state index in [2.05, 4.69) is 319 Å². The summed E-state index contributed by atoms with van der Waals surface area (Å²) in [5.41, 5.74) is 27.5. The predicted molar refractivity (Wildman–Crippen MR) is 340 cm³/mol. The zero-order chi connectivity index (χ0) is 53.7. The monoisotopic (exact) mass is 1030 g/mol. The minimum absolute atomic E-state index is 0.109. The number of fused-ring (bicyclic) bond motifs is 8. The molecule has 0 aromatic heterocycles. The van der Waals surface area contributed by atoms with Crippen LogP contribution < -0.4 is 31.1 Å². The summed E-state index contributed by atoms with van der Waals surface area (Å²) in [4.78, 5) is 7.97. The summed E-state index contributed by atoms with van der Waals surface area (Å²) in [7, 11) is 0. The molecule has 3 aliphatic heterocycles. The summed E-state index contributed by atoms with van der Waals surface area (Å²) < 4.78 is 0. The Morgan fingerprint density at radius 3 is 1.43 bits per heavy atom. The molecule has 12 aromatic carbocycles. The molecule has 2 unspecified atom stereocenters. The first-order valence-corrected chi connectivity index (χ1v) is 28.5. The van der Waals surface area contributed by atoms with Crippen molar-refractivity contribution >= 4 is 68.6 Å². The lowest BCUT2D eigenvalue weighted by Gasteiger charge is -2.53. The molecule has 0 radical (unpaired) electrons. The van der Waals surface area contributed by atoms with Crippen LogP contribution in [0.5, 0.6) is 0 Å². The molecule has 81 heavy (non-hydrogen) atoms. The van der Waals surface area contributed by atoms with Crippen LogP contribution in [-0.2, 0) is 18.3 Å². The molecule has 0 fully saturated rings. The molecular formula is C77H56BN3. The number of benzene rings is 12. The van der Waals surface area contributed by atoms with E-state index >= 15 is 0 Å². The fourth-order valence-electron chi connectivity index (χ4n) is 14.7. The third-order valence-corrected chi connectivity index (χ3v) is 18.4. The molecule has 0 bridgehead atoms. The molecule has 0 spiro atoms. The molecule has 2 atom stereocenters. The van der Waals surface area contributed by atoms with Crippen molar-refractivity contribution in [3.63, 3.8) is 0 Å². The Labute approximate surface area is 475 Å². The van der Waals surface area contributed by atoms with Gasteiger partial charge >= 0.3 is 0 Å². The molecule has 0 N–H and O–H groups in total. The number of anilines is 8. The van der Waals surface area contributed by atoms with Crippen molar-refractivity contribution in [3.8, 4) is 44.5 Å². The van der Waals surface area contributed by atoms with E-state index in [1.54, 1.807) is 0 Å². The number of hydrogen-bond donors (Lipinski definition) is 0. The second-order valence-electron chi connectivity index (χ2n) is 22.6. The van der Waals surface area contributed by atoms with Crippen LogP contribution in [0.1, 0.15) is 29.2 Å². The average Bonchev–Trinajstić information content (AvgIpc) is 3.13. The molecule has 16 rings (SSSR count).